The van der Waals surface area contributed by atoms with Crippen LogP contribution in [-0.2, 0) is 13.1 Å². The largest absolute Gasteiger partial charge is 0.334 e. The lowest BCUT2D eigenvalue weighted by Crippen LogP contribution is -2.31. The molecule has 0 aliphatic carbocycles. The summed E-state index contributed by atoms with van der Waals surface area (Å²) in [7, 11) is 0. The summed E-state index contributed by atoms with van der Waals surface area (Å²) in [6.07, 6.45) is 3.20. The number of amides is 2. The smallest absolute Gasteiger partial charge is 0.319 e. The van der Waals surface area contributed by atoms with E-state index in [-0.39, 0.29) is 11.8 Å². The molecule has 2 amide bonds. The van der Waals surface area contributed by atoms with Crippen LogP contribution in [0.3, 0.4) is 0 Å². The molecule has 0 radical (unpaired) electrons. The molecule has 0 aliphatic heterocycles. The Morgan fingerprint density at radius 1 is 1.14 bits per heavy atom. The van der Waals surface area contributed by atoms with Gasteiger partial charge in [0.2, 0.25) is 0 Å². The van der Waals surface area contributed by atoms with Crippen molar-refractivity contribution in [2.24, 2.45) is 5.73 Å². The van der Waals surface area contributed by atoms with Gasteiger partial charge in [0.1, 0.15) is 5.82 Å². The maximum absolute atomic E-state index is 12.7. The third-order valence-corrected chi connectivity index (χ3v) is 3.04. The molecule has 0 spiro atoms. The fraction of sp³-hybridized carbons (Fsp3) is 0.118. The van der Waals surface area contributed by atoms with Gasteiger partial charge in [0, 0.05) is 19.3 Å². The molecule has 0 unspecified atom stereocenters. The Kier molecular flexibility index (Phi) is 5.68. The Hall–Kier alpha value is -2.66. The zero-order valence-electron chi connectivity index (χ0n) is 12.1. The number of hydrogen-bond acceptors (Lipinski definition) is 2. The Labute approximate surface area is 128 Å². The van der Waals surface area contributed by atoms with Gasteiger partial charge >= 0.3 is 6.03 Å². The second kappa shape index (κ2) is 7.95. The Morgan fingerprint density at radius 3 is 2.59 bits per heavy atom. The minimum atomic E-state index is -0.309. The first-order chi connectivity index (χ1) is 10.7. The van der Waals surface area contributed by atoms with Crippen molar-refractivity contribution in [2.45, 2.75) is 13.1 Å². The van der Waals surface area contributed by atoms with Gasteiger partial charge in [-0.05, 0) is 34.9 Å². The number of carbonyl (C=O) groups is 1. The molecule has 0 atom stereocenters. The summed E-state index contributed by atoms with van der Waals surface area (Å²) in [6.45, 7) is 0.893. The third kappa shape index (κ3) is 5.03. The van der Waals surface area contributed by atoms with Gasteiger partial charge in [0.25, 0.3) is 0 Å². The molecule has 0 fully saturated rings. The van der Waals surface area contributed by atoms with E-state index in [0.717, 1.165) is 16.7 Å². The summed E-state index contributed by atoms with van der Waals surface area (Å²) in [6, 6.07) is 13.4. The van der Waals surface area contributed by atoms with Gasteiger partial charge in [-0.1, -0.05) is 36.4 Å². The first-order valence-electron chi connectivity index (χ1n) is 6.92. The van der Waals surface area contributed by atoms with Crippen LogP contribution >= 0.6 is 0 Å². The fourth-order valence-electron chi connectivity index (χ4n) is 1.89. The van der Waals surface area contributed by atoms with Gasteiger partial charge in [-0.15, -0.1) is 0 Å². The van der Waals surface area contributed by atoms with E-state index >= 15 is 0 Å². The molecular formula is C17H18FN3O. The zero-order valence-corrected chi connectivity index (χ0v) is 12.1. The van der Waals surface area contributed by atoms with E-state index in [0.29, 0.717) is 13.1 Å². The highest BCUT2D eigenvalue weighted by molar-refractivity contribution is 5.75. The van der Waals surface area contributed by atoms with Crippen LogP contribution in [0.2, 0.25) is 0 Å². The normalized spacial score (nSPS) is 10.6. The molecule has 0 heterocycles. The van der Waals surface area contributed by atoms with Gasteiger partial charge in [0.05, 0.1) is 0 Å². The van der Waals surface area contributed by atoms with E-state index < -0.39 is 0 Å². The van der Waals surface area contributed by atoms with Crippen molar-refractivity contribution in [1.29, 1.82) is 0 Å². The summed E-state index contributed by atoms with van der Waals surface area (Å²) >= 11 is 0. The molecule has 5 heteroatoms. The summed E-state index contributed by atoms with van der Waals surface area (Å²) < 4.78 is 12.7. The highest BCUT2D eigenvalue weighted by atomic mass is 19.1. The second-order valence-electron chi connectivity index (χ2n) is 4.74. The summed E-state index contributed by atoms with van der Waals surface area (Å²) in [4.78, 5) is 11.7. The van der Waals surface area contributed by atoms with Crippen molar-refractivity contribution in [3.8, 4) is 0 Å². The zero-order chi connectivity index (χ0) is 15.8. The number of carbonyl (C=O) groups excluding carboxylic acids is 1. The molecule has 22 heavy (non-hydrogen) atoms. The molecule has 2 aromatic rings. The van der Waals surface area contributed by atoms with Crippen LogP contribution in [0.4, 0.5) is 9.18 Å². The molecule has 2 aromatic carbocycles. The van der Waals surface area contributed by atoms with Crippen LogP contribution in [0.5, 0.6) is 0 Å². The first-order valence-corrected chi connectivity index (χ1v) is 6.92. The fourth-order valence-corrected chi connectivity index (χ4v) is 1.89. The van der Waals surface area contributed by atoms with Gasteiger partial charge in [-0.2, -0.15) is 0 Å². The topological polar surface area (TPSA) is 67.1 Å². The molecule has 0 aliphatic rings. The van der Waals surface area contributed by atoms with E-state index in [1.807, 2.05) is 24.3 Å². The third-order valence-electron chi connectivity index (χ3n) is 3.04. The van der Waals surface area contributed by atoms with Crippen molar-refractivity contribution in [3.63, 3.8) is 0 Å². The lowest BCUT2D eigenvalue weighted by Gasteiger charge is -2.06. The number of rotatable bonds is 5. The van der Waals surface area contributed by atoms with E-state index in [1.165, 1.54) is 18.3 Å². The molecule has 4 N–H and O–H groups in total. The predicted octanol–water partition coefficient (Wildman–Crippen LogP) is 2.75. The number of halogens is 1. The van der Waals surface area contributed by atoms with Crippen LogP contribution in [0.25, 0.3) is 6.08 Å². The average Bonchev–Trinajstić information content (AvgIpc) is 2.55. The van der Waals surface area contributed by atoms with Gasteiger partial charge in [-0.25, -0.2) is 9.18 Å². The Balaban J connectivity index is 1.79. The van der Waals surface area contributed by atoms with E-state index in [9.17, 15) is 9.18 Å². The van der Waals surface area contributed by atoms with Gasteiger partial charge < -0.3 is 16.4 Å². The number of benzene rings is 2. The molecular weight excluding hydrogens is 281 g/mol. The Bertz CT molecular complexity index is 653. The van der Waals surface area contributed by atoms with Gasteiger partial charge in [-0.3, -0.25) is 0 Å². The van der Waals surface area contributed by atoms with Crippen LogP contribution in [0, 0.1) is 5.82 Å². The quantitative estimate of drug-likeness (QED) is 0.794. The minimum absolute atomic E-state index is 0.289. The maximum atomic E-state index is 12.7. The van der Waals surface area contributed by atoms with E-state index in [1.54, 1.807) is 18.2 Å². The second-order valence-corrected chi connectivity index (χ2v) is 4.74. The van der Waals surface area contributed by atoms with E-state index in [2.05, 4.69) is 10.6 Å². The van der Waals surface area contributed by atoms with Crippen molar-refractivity contribution < 1.29 is 9.18 Å². The standard InChI is InChI=1S/C17H18FN3O/c18-16-6-4-13(5-7-16)8-9-20-17(22)21-12-15-3-1-2-14(10-15)11-19/h1-10H,11-12,19H2,(H2,20,21,22)/b9-8+. The number of nitrogens with one attached hydrogen (secondary N) is 2. The average molecular weight is 299 g/mol. The lowest BCUT2D eigenvalue weighted by atomic mass is 10.1. The predicted molar refractivity (Wildman–Crippen MR) is 85.1 cm³/mol. The molecule has 0 aromatic heterocycles. The van der Waals surface area contributed by atoms with Crippen molar-refractivity contribution in [1.82, 2.24) is 10.6 Å². The monoisotopic (exact) mass is 299 g/mol. The summed E-state index contributed by atoms with van der Waals surface area (Å²) in [5.74, 6) is -0.289. The molecule has 0 bridgehead atoms. The van der Waals surface area contributed by atoms with Crippen LogP contribution in [-0.4, -0.2) is 6.03 Å². The SMILES string of the molecule is NCc1cccc(CNC(=O)N/C=C/c2ccc(F)cc2)c1. The lowest BCUT2D eigenvalue weighted by molar-refractivity contribution is 0.244. The highest BCUT2D eigenvalue weighted by Crippen LogP contribution is 2.05. The van der Waals surface area contributed by atoms with Crippen molar-refractivity contribution in [2.75, 3.05) is 0 Å². The van der Waals surface area contributed by atoms with E-state index in [4.69, 9.17) is 5.73 Å². The van der Waals surface area contributed by atoms with Crippen LogP contribution in [0.15, 0.2) is 54.7 Å². The minimum Gasteiger partial charge on any atom is -0.334 e. The van der Waals surface area contributed by atoms with Crippen molar-refractivity contribution >= 4 is 12.1 Å². The van der Waals surface area contributed by atoms with Gasteiger partial charge in [0.15, 0.2) is 0 Å². The highest BCUT2D eigenvalue weighted by Gasteiger charge is 1.99. The molecule has 0 saturated carbocycles. The number of hydrogen-bond donors (Lipinski definition) is 3. The molecule has 2 rings (SSSR count). The summed E-state index contributed by atoms with van der Waals surface area (Å²) in [5, 5.41) is 5.34. The molecule has 0 saturated heterocycles. The number of urea groups is 1. The van der Waals surface area contributed by atoms with Crippen LogP contribution in [0.1, 0.15) is 16.7 Å². The maximum Gasteiger partial charge on any atom is 0.319 e. The number of nitrogens with two attached hydrogens (primary N) is 1. The first kappa shape index (κ1) is 15.7. The molecule has 4 nitrogen and oxygen atoms in total. The molecule has 114 valence electrons. The van der Waals surface area contributed by atoms with Crippen LogP contribution < -0.4 is 16.4 Å². The Morgan fingerprint density at radius 2 is 1.86 bits per heavy atom. The van der Waals surface area contributed by atoms with Crippen molar-refractivity contribution in [3.05, 3.63) is 77.2 Å². The summed E-state index contributed by atoms with van der Waals surface area (Å²) in [5.41, 5.74) is 8.39.